The molecule has 0 bridgehead atoms. The predicted molar refractivity (Wildman–Crippen MR) is 80.1 cm³/mol. The van der Waals surface area contributed by atoms with E-state index < -0.39 is 0 Å². The van der Waals surface area contributed by atoms with Gasteiger partial charge in [-0.25, -0.2) is 0 Å². The van der Waals surface area contributed by atoms with Crippen molar-refractivity contribution in [1.82, 2.24) is 0 Å². The van der Waals surface area contributed by atoms with E-state index in [-0.39, 0.29) is 5.78 Å². The molecule has 0 aromatic heterocycles. The lowest BCUT2D eigenvalue weighted by atomic mass is 10.1. The molecule has 0 fully saturated rings. The Labute approximate surface area is 121 Å². The zero-order valence-corrected chi connectivity index (χ0v) is 12.7. The van der Waals surface area contributed by atoms with Gasteiger partial charge in [-0.3, -0.25) is 4.79 Å². The summed E-state index contributed by atoms with van der Waals surface area (Å²) in [5, 5.41) is 0. The van der Waals surface area contributed by atoms with Crippen molar-refractivity contribution in [1.29, 1.82) is 0 Å². The van der Waals surface area contributed by atoms with E-state index in [4.69, 9.17) is 4.74 Å². The van der Waals surface area contributed by atoms with Crippen LogP contribution in [0.25, 0.3) is 0 Å². The molecule has 0 aliphatic rings. The Balaban J connectivity index is 2.39. The van der Waals surface area contributed by atoms with Crippen molar-refractivity contribution in [2.24, 2.45) is 0 Å². The van der Waals surface area contributed by atoms with Gasteiger partial charge in [0.2, 0.25) is 0 Å². The minimum atomic E-state index is -0.00802. The third-order valence-electron chi connectivity index (χ3n) is 3.03. The van der Waals surface area contributed by atoms with Crippen LogP contribution in [0.3, 0.4) is 0 Å². The maximum Gasteiger partial charge on any atom is 0.163 e. The predicted octanol–water partition coefficient (Wildman–Crippen LogP) is 5.06. The summed E-state index contributed by atoms with van der Waals surface area (Å²) in [4.78, 5) is 11.6. The molecule has 0 unspecified atom stereocenters. The first-order valence-electron chi connectivity index (χ1n) is 6.03. The van der Waals surface area contributed by atoms with Crippen molar-refractivity contribution in [3.8, 4) is 11.5 Å². The van der Waals surface area contributed by atoms with E-state index in [1.165, 1.54) is 12.5 Å². The lowest BCUT2D eigenvalue weighted by Gasteiger charge is -2.11. The zero-order valence-electron chi connectivity index (χ0n) is 11.2. The maximum atomic E-state index is 11.6. The number of ketones is 1. The van der Waals surface area contributed by atoms with E-state index in [1.807, 2.05) is 37.3 Å². The Bertz CT molecular complexity index is 633. The Kier molecular flexibility index (Phi) is 4.05. The highest BCUT2D eigenvalue weighted by molar-refractivity contribution is 9.10. The van der Waals surface area contributed by atoms with Gasteiger partial charge >= 0.3 is 0 Å². The first-order valence-corrected chi connectivity index (χ1v) is 6.82. The van der Waals surface area contributed by atoms with E-state index in [2.05, 4.69) is 22.9 Å². The van der Waals surface area contributed by atoms with Gasteiger partial charge in [0, 0.05) is 4.47 Å². The fraction of sp³-hybridized carbons (Fsp3) is 0.188. The molecule has 2 rings (SSSR count). The highest BCUT2D eigenvalue weighted by Gasteiger charge is 2.10. The number of rotatable bonds is 3. The van der Waals surface area contributed by atoms with Crippen molar-refractivity contribution in [2.45, 2.75) is 20.8 Å². The molecule has 0 amide bonds. The van der Waals surface area contributed by atoms with Crippen LogP contribution in [0.4, 0.5) is 0 Å². The highest BCUT2D eigenvalue weighted by atomic mass is 79.9. The average Bonchev–Trinajstić information content (AvgIpc) is 2.33. The van der Waals surface area contributed by atoms with E-state index in [1.54, 1.807) is 6.07 Å². The van der Waals surface area contributed by atoms with Crippen LogP contribution in [-0.4, -0.2) is 5.78 Å². The number of Topliss-reactive ketones (excluding diaryl/α,β-unsaturated/α-hetero) is 1. The standard InChI is InChI=1S/C16H15BrO2/c1-10-4-6-14(8-11(10)2)19-16-9-13(17)5-7-15(16)12(3)18/h4-9H,1-3H3. The number of ether oxygens (including phenoxy) is 1. The second-order valence-corrected chi connectivity index (χ2v) is 5.46. The minimum Gasteiger partial charge on any atom is -0.457 e. The molecule has 0 atom stereocenters. The van der Waals surface area contributed by atoms with Gasteiger partial charge in [-0.05, 0) is 62.2 Å². The number of benzene rings is 2. The number of carbonyl (C=O) groups is 1. The number of hydrogen-bond donors (Lipinski definition) is 0. The summed E-state index contributed by atoms with van der Waals surface area (Å²) in [6.07, 6.45) is 0. The summed E-state index contributed by atoms with van der Waals surface area (Å²) in [5.74, 6) is 1.31. The van der Waals surface area contributed by atoms with Crippen LogP contribution in [0.15, 0.2) is 40.9 Å². The molecule has 0 heterocycles. The smallest absolute Gasteiger partial charge is 0.163 e. The molecule has 19 heavy (non-hydrogen) atoms. The molecule has 0 aliphatic carbocycles. The third kappa shape index (κ3) is 3.24. The van der Waals surface area contributed by atoms with Crippen LogP contribution in [0.1, 0.15) is 28.4 Å². The van der Waals surface area contributed by atoms with Crippen molar-refractivity contribution in [3.05, 3.63) is 57.6 Å². The molecule has 98 valence electrons. The van der Waals surface area contributed by atoms with E-state index in [0.717, 1.165) is 15.8 Å². The van der Waals surface area contributed by atoms with Crippen LogP contribution in [0.2, 0.25) is 0 Å². The largest absolute Gasteiger partial charge is 0.457 e. The van der Waals surface area contributed by atoms with Gasteiger partial charge < -0.3 is 4.74 Å². The van der Waals surface area contributed by atoms with Crippen LogP contribution in [0, 0.1) is 13.8 Å². The molecule has 0 saturated heterocycles. The van der Waals surface area contributed by atoms with Gasteiger partial charge in [0.25, 0.3) is 0 Å². The molecule has 0 aliphatic heterocycles. The van der Waals surface area contributed by atoms with Crippen molar-refractivity contribution in [2.75, 3.05) is 0 Å². The van der Waals surface area contributed by atoms with Crippen LogP contribution in [-0.2, 0) is 0 Å². The van der Waals surface area contributed by atoms with Crippen molar-refractivity contribution < 1.29 is 9.53 Å². The lowest BCUT2D eigenvalue weighted by molar-refractivity contribution is 0.101. The topological polar surface area (TPSA) is 26.3 Å². The molecule has 0 N–H and O–H groups in total. The van der Waals surface area contributed by atoms with Crippen molar-refractivity contribution in [3.63, 3.8) is 0 Å². The summed E-state index contributed by atoms with van der Waals surface area (Å²) in [5.41, 5.74) is 2.96. The maximum absolute atomic E-state index is 11.6. The summed E-state index contributed by atoms with van der Waals surface area (Å²) < 4.78 is 6.72. The Morgan fingerprint density at radius 2 is 1.79 bits per heavy atom. The lowest BCUT2D eigenvalue weighted by Crippen LogP contribution is -1.97. The number of halogens is 1. The Morgan fingerprint density at radius 3 is 2.42 bits per heavy atom. The molecule has 3 heteroatoms. The minimum absolute atomic E-state index is 0.00802. The van der Waals surface area contributed by atoms with E-state index >= 15 is 0 Å². The molecule has 2 aromatic rings. The second-order valence-electron chi connectivity index (χ2n) is 4.54. The van der Waals surface area contributed by atoms with Gasteiger partial charge in [0.15, 0.2) is 5.78 Å². The Morgan fingerprint density at radius 1 is 1.05 bits per heavy atom. The summed E-state index contributed by atoms with van der Waals surface area (Å²) in [6.45, 7) is 5.63. The molecular formula is C16H15BrO2. The molecule has 2 aromatic carbocycles. The van der Waals surface area contributed by atoms with Gasteiger partial charge in [-0.15, -0.1) is 0 Å². The Hall–Kier alpha value is -1.61. The number of aryl methyl sites for hydroxylation is 2. The van der Waals surface area contributed by atoms with Crippen LogP contribution >= 0.6 is 15.9 Å². The normalized spacial score (nSPS) is 10.3. The number of carbonyl (C=O) groups excluding carboxylic acids is 1. The SMILES string of the molecule is CC(=O)c1ccc(Br)cc1Oc1ccc(C)c(C)c1. The first kappa shape index (κ1) is 13.8. The quantitative estimate of drug-likeness (QED) is 0.739. The monoisotopic (exact) mass is 318 g/mol. The van der Waals surface area contributed by atoms with E-state index in [9.17, 15) is 4.79 Å². The third-order valence-corrected chi connectivity index (χ3v) is 3.52. The van der Waals surface area contributed by atoms with Gasteiger partial charge in [0.1, 0.15) is 11.5 Å². The van der Waals surface area contributed by atoms with Gasteiger partial charge in [-0.1, -0.05) is 22.0 Å². The van der Waals surface area contributed by atoms with E-state index in [0.29, 0.717) is 11.3 Å². The van der Waals surface area contributed by atoms with Crippen LogP contribution < -0.4 is 4.74 Å². The molecule has 0 radical (unpaired) electrons. The molecule has 0 saturated carbocycles. The number of hydrogen-bond acceptors (Lipinski definition) is 2. The summed E-state index contributed by atoms with van der Waals surface area (Å²) >= 11 is 3.39. The fourth-order valence-corrected chi connectivity index (χ4v) is 2.12. The highest BCUT2D eigenvalue weighted by Crippen LogP contribution is 2.29. The molecular weight excluding hydrogens is 304 g/mol. The fourth-order valence-electron chi connectivity index (χ4n) is 1.78. The van der Waals surface area contributed by atoms with Gasteiger partial charge in [0.05, 0.1) is 5.56 Å². The zero-order chi connectivity index (χ0) is 14.0. The molecule has 0 spiro atoms. The van der Waals surface area contributed by atoms with Gasteiger partial charge in [-0.2, -0.15) is 0 Å². The van der Waals surface area contributed by atoms with Crippen LogP contribution in [0.5, 0.6) is 11.5 Å². The van der Waals surface area contributed by atoms with Crippen molar-refractivity contribution >= 4 is 21.7 Å². The first-order chi connectivity index (χ1) is 8.97. The summed E-state index contributed by atoms with van der Waals surface area (Å²) in [7, 11) is 0. The second kappa shape index (κ2) is 5.57. The average molecular weight is 319 g/mol. The molecule has 2 nitrogen and oxygen atoms in total. The summed E-state index contributed by atoms with van der Waals surface area (Å²) in [6, 6.07) is 11.3.